The maximum atomic E-state index is 5.77. The average Bonchev–Trinajstić information content (AvgIpc) is 2.75. The van der Waals surface area contributed by atoms with Crippen LogP contribution in [0.2, 0.25) is 0 Å². The first kappa shape index (κ1) is 9.90. The minimum absolute atomic E-state index is 0.654. The average molecular weight is 224 g/mol. The first-order chi connectivity index (χ1) is 8.24. The molecule has 0 aliphatic heterocycles. The van der Waals surface area contributed by atoms with Gasteiger partial charge in [-0.1, -0.05) is 12.1 Å². The number of nitrogens with two attached hydrogens (primary N) is 1. The van der Waals surface area contributed by atoms with E-state index in [-0.39, 0.29) is 0 Å². The van der Waals surface area contributed by atoms with E-state index in [0.29, 0.717) is 5.69 Å². The van der Waals surface area contributed by atoms with Gasteiger partial charge in [0.05, 0.1) is 11.9 Å². The van der Waals surface area contributed by atoms with Gasteiger partial charge in [0.25, 0.3) is 0 Å². The number of aromatic nitrogens is 1. The lowest BCUT2D eigenvalue weighted by Crippen LogP contribution is -1.86. The molecule has 2 aromatic heterocycles. The van der Waals surface area contributed by atoms with Crippen LogP contribution < -0.4 is 5.73 Å². The molecule has 0 radical (unpaired) electrons. The fraction of sp³-hybridized carbons (Fsp3) is 0.0714. The van der Waals surface area contributed by atoms with Gasteiger partial charge in [0.15, 0.2) is 5.76 Å². The number of pyridine rings is 1. The highest BCUT2D eigenvalue weighted by Crippen LogP contribution is 2.28. The van der Waals surface area contributed by atoms with Crippen LogP contribution in [0.25, 0.3) is 22.4 Å². The van der Waals surface area contributed by atoms with Crippen LogP contribution in [0.1, 0.15) is 5.56 Å². The lowest BCUT2D eigenvalue weighted by atomic mass is 10.1. The standard InChI is InChI=1S/C14H12N2O/c1-9-3-2-4-13-11(9)7-14(17-13)12-6-5-10(15)8-16-12/h2-8H,15H2,1H3. The molecule has 0 fully saturated rings. The second-order valence-electron chi connectivity index (χ2n) is 4.07. The maximum Gasteiger partial charge on any atom is 0.153 e. The lowest BCUT2D eigenvalue weighted by Gasteiger charge is -1.95. The summed E-state index contributed by atoms with van der Waals surface area (Å²) in [6.07, 6.45) is 1.63. The van der Waals surface area contributed by atoms with E-state index in [1.807, 2.05) is 30.3 Å². The van der Waals surface area contributed by atoms with Crippen molar-refractivity contribution in [3.63, 3.8) is 0 Å². The van der Waals surface area contributed by atoms with Crippen molar-refractivity contribution in [2.75, 3.05) is 5.73 Å². The summed E-state index contributed by atoms with van der Waals surface area (Å²) in [5, 5.41) is 1.13. The van der Waals surface area contributed by atoms with E-state index < -0.39 is 0 Å². The Labute approximate surface area is 98.9 Å². The zero-order chi connectivity index (χ0) is 11.8. The molecule has 0 aliphatic carbocycles. The zero-order valence-electron chi connectivity index (χ0n) is 9.47. The van der Waals surface area contributed by atoms with Crippen LogP contribution in [0.15, 0.2) is 47.0 Å². The predicted molar refractivity (Wildman–Crippen MR) is 68.6 cm³/mol. The van der Waals surface area contributed by atoms with E-state index in [1.54, 1.807) is 6.20 Å². The van der Waals surface area contributed by atoms with Crippen LogP contribution in [0.4, 0.5) is 5.69 Å². The molecule has 0 atom stereocenters. The quantitative estimate of drug-likeness (QED) is 0.689. The Morgan fingerprint density at radius 1 is 1.18 bits per heavy atom. The van der Waals surface area contributed by atoms with Gasteiger partial charge in [0.1, 0.15) is 11.3 Å². The van der Waals surface area contributed by atoms with Gasteiger partial charge >= 0.3 is 0 Å². The van der Waals surface area contributed by atoms with Crippen molar-refractivity contribution in [3.8, 4) is 11.5 Å². The van der Waals surface area contributed by atoms with Crippen molar-refractivity contribution in [1.82, 2.24) is 4.98 Å². The second-order valence-corrected chi connectivity index (χ2v) is 4.07. The fourth-order valence-corrected chi connectivity index (χ4v) is 1.88. The van der Waals surface area contributed by atoms with E-state index in [0.717, 1.165) is 22.4 Å². The number of furan rings is 1. The molecule has 1 aromatic carbocycles. The molecule has 0 saturated carbocycles. The predicted octanol–water partition coefficient (Wildman–Crippen LogP) is 3.39. The van der Waals surface area contributed by atoms with Crippen molar-refractivity contribution < 1.29 is 4.42 Å². The van der Waals surface area contributed by atoms with Crippen molar-refractivity contribution in [2.45, 2.75) is 6.92 Å². The van der Waals surface area contributed by atoms with E-state index >= 15 is 0 Å². The number of hydrogen-bond donors (Lipinski definition) is 1. The maximum absolute atomic E-state index is 5.77. The largest absolute Gasteiger partial charge is 0.454 e. The lowest BCUT2D eigenvalue weighted by molar-refractivity contribution is 0.628. The molecule has 3 aromatic rings. The monoisotopic (exact) mass is 224 g/mol. The molecule has 84 valence electrons. The Bertz CT molecular complexity index is 668. The number of aryl methyl sites for hydroxylation is 1. The summed E-state index contributed by atoms with van der Waals surface area (Å²) in [5.41, 5.74) is 9.15. The van der Waals surface area contributed by atoms with E-state index in [1.165, 1.54) is 5.56 Å². The third kappa shape index (κ3) is 1.65. The molecule has 0 bridgehead atoms. The number of benzene rings is 1. The summed E-state index contributed by atoms with van der Waals surface area (Å²) in [6, 6.07) is 11.7. The number of nitrogens with zero attached hydrogens (tertiary/aromatic N) is 1. The number of rotatable bonds is 1. The van der Waals surface area contributed by atoms with Gasteiger partial charge in [-0.25, -0.2) is 0 Å². The Morgan fingerprint density at radius 2 is 2.06 bits per heavy atom. The molecule has 0 amide bonds. The summed E-state index contributed by atoms with van der Waals surface area (Å²) in [6.45, 7) is 2.07. The van der Waals surface area contributed by atoms with Crippen LogP contribution in [-0.4, -0.2) is 4.98 Å². The normalized spacial score (nSPS) is 10.9. The summed E-state index contributed by atoms with van der Waals surface area (Å²) in [7, 11) is 0. The van der Waals surface area contributed by atoms with Crippen LogP contribution in [-0.2, 0) is 0 Å². The molecule has 2 heterocycles. The molecule has 3 nitrogen and oxygen atoms in total. The van der Waals surface area contributed by atoms with Crippen molar-refractivity contribution in [1.29, 1.82) is 0 Å². The number of hydrogen-bond acceptors (Lipinski definition) is 3. The number of fused-ring (bicyclic) bond motifs is 1. The Hall–Kier alpha value is -2.29. The second kappa shape index (κ2) is 3.63. The van der Waals surface area contributed by atoms with E-state index in [2.05, 4.69) is 18.0 Å². The Kier molecular flexibility index (Phi) is 2.11. The summed E-state index contributed by atoms with van der Waals surface area (Å²) in [4.78, 5) is 4.25. The van der Waals surface area contributed by atoms with Crippen molar-refractivity contribution in [2.24, 2.45) is 0 Å². The highest BCUT2D eigenvalue weighted by atomic mass is 16.3. The molecule has 17 heavy (non-hydrogen) atoms. The third-order valence-electron chi connectivity index (χ3n) is 2.82. The molecule has 3 rings (SSSR count). The minimum Gasteiger partial charge on any atom is -0.454 e. The first-order valence-corrected chi connectivity index (χ1v) is 5.45. The highest BCUT2D eigenvalue weighted by molar-refractivity contribution is 5.85. The van der Waals surface area contributed by atoms with E-state index in [4.69, 9.17) is 10.2 Å². The zero-order valence-corrected chi connectivity index (χ0v) is 9.47. The Balaban J connectivity index is 2.18. The van der Waals surface area contributed by atoms with E-state index in [9.17, 15) is 0 Å². The number of nitrogen functional groups attached to an aromatic ring is 1. The smallest absolute Gasteiger partial charge is 0.153 e. The molecule has 0 aliphatic rings. The van der Waals surface area contributed by atoms with Gasteiger partial charge in [0, 0.05) is 5.39 Å². The van der Waals surface area contributed by atoms with Crippen LogP contribution in [0.5, 0.6) is 0 Å². The van der Waals surface area contributed by atoms with Crippen LogP contribution in [0, 0.1) is 6.92 Å². The molecule has 2 N–H and O–H groups in total. The number of anilines is 1. The molecular weight excluding hydrogens is 212 g/mol. The molecular formula is C14H12N2O. The van der Waals surface area contributed by atoms with Gasteiger partial charge in [-0.15, -0.1) is 0 Å². The summed E-state index contributed by atoms with van der Waals surface area (Å²) >= 11 is 0. The van der Waals surface area contributed by atoms with Gasteiger partial charge in [-0.3, -0.25) is 4.98 Å². The summed E-state index contributed by atoms with van der Waals surface area (Å²) < 4.78 is 5.77. The van der Waals surface area contributed by atoms with Crippen LogP contribution >= 0.6 is 0 Å². The van der Waals surface area contributed by atoms with Gasteiger partial charge in [0.2, 0.25) is 0 Å². The topological polar surface area (TPSA) is 52.0 Å². The SMILES string of the molecule is Cc1cccc2oc(-c3ccc(N)cn3)cc12. The van der Waals surface area contributed by atoms with Gasteiger partial charge in [-0.05, 0) is 36.8 Å². The molecule has 0 saturated heterocycles. The van der Waals surface area contributed by atoms with Crippen LogP contribution in [0.3, 0.4) is 0 Å². The Morgan fingerprint density at radius 3 is 2.76 bits per heavy atom. The first-order valence-electron chi connectivity index (χ1n) is 5.45. The van der Waals surface area contributed by atoms with Crippen molar-refractivity contribution in [3.05, 3.63) is 48.2 Å². The molecule has 0 unspecified atom stereocenters. The van der Waals surface area contributed by atoms with Gasteiger partial charge < -0.3 is 10.2 Å². The third-order valence-corrected chi connectivity index (χ3v) is 2.82. The van der Waals surface area contributed by atoms with Crippen molar-refractivity contribution >= 4 is 16.7 Å². The fourth-order valence-electron chi connectivity index (χ4n) is 1.88. The summed E-state index contributed by atoms with van der Waals surface area (Å²) in [5.74, 6) is 0.773. The minimum atomic E-state index is 0.654. The molecule has 0 spiro atoms. The van der Waals surface area contributed by atoms with Gasteiger partial charge in [-0.2, -0.15) is 0 Å². The molecule has 3 heteroatoms. The highest BCUT2D eigenvalue weighted by Gasteiger charge is 2.08.